The molecule has 24 heavy (non-hydrogen) atoms. The second kappa shape index (κ2) is 8.61. The van der Waals surface area contributed by atoms with Gasteiger partial charge in [0.25, 0.3) is 0 Å². The predicted octanol–water partition coefficient (Wildman–Crippen LogP) is 3.38. The predicted molar refractivity (Wildman–Crippen MR) is 96.3 cm³/mol. The van der Waals surface area contributed by atoms with E-state index in [0.717, 1.165) is 5.56 Å². The van der Waals surface area contributed by atoms with Crippen LogP contribution in [0.2, 0.25) is 0 Å². The molecule has 0 aliphatic carbocycles. The first-order valence-electron chi connectivity index (χ1n) is 7.75. The van der Waals surface area contributed by atoms with E-state index in [9.17, 15) is 9.59 Å². The summed E-state index contributed by atoms with van der Waals surface area (Å²) in [5.74, 6) is -0.589. The number of nitrogens with zero attached hydrogens (tertiary/aromatic N) is 1. The quantitative estimate of drug-likeness (QED) is 0.781. The van der Waals surface area contributed by atoms with Gasteiger partial charge in [-0.1, -0.05) is 30.3 Å². The summed E-state index contributed by atoms with van der Waals surface area (Å²) in [6, 6.07) is 12.0. The lowest BCUT2D eigenvalue weighted by Crippen LogP contribution is -2.37. The number of thiophene rings is 1. The SMILES string of the molecule is COC(=O)c1sccc1NC(=O)CN(Cc1ccccc1)C(C)C. The molecule has 1 aromatic heterocycles. The maximum Gasteiger partial charge on any atom is 0.350 e. The summed E-state index contributed by atoms with van der Waals surface area (Å²) in [6.07, 6.45) is 0. The zero-order chi connectivity index (χ0) is 17.5. The number of esters is 1. The van der Waals surface area contributed by atoms with Gasteiger partial charge in [0, 0.05) is 12.6 Å². The average molecular weight is 346 g/mol. The van der Waals surface area contributed by atoms with E-state index < -0.39 is 5.97 Å². The highest BCUT2D eigenvalue weighted by atomic mass is 32.1. The number of ether oxygens (including phenoxy) is 1. The minimum absolute atomic E-state index is 0.150. The Bertz CT molecular complexity index is 683. The van der Waals surface area contributed by atoms with Crippen LogP contribution < -0.4 is 5.32 Å². The van der Waals surface area contributed by atoms with Gasteiger partial charge < -0.3 is 10.1 Å². The molecule has 0 atom stereocenters. The van der Waals surface area contributed by atoms with Gasteiger partial charge in [-0.25, -0.2) is 4.79 Å². The number of hydrogen-bond donors (Lipinski definition) is 1. The van der Waals surface area contributed by atoms with Crippen LogP contribution in [0.3, 0.4) is 0 Å². The molecular formula is C18H22N2O3S. The lowest BCUT2D eigenvalue weighted by Gasteiger charge is -2.25. The molecule has 0 bridgehead atoms. The summed E-state index contributed by atoms with van der Waals surface area (Å²) in [7, 11) is 1.33. The van der Waals surface area contributed by atoms with Gasteiger partial charge in [-0.2, -0.15) is 0 Å². The van der Waals surface area contributed by atoms with Crippen molar-refractivity contribution < 1.29 is 14.3 Å². The fourth-order valence-electron chi connectivity index (χ4n) is 2.27. The van der Waals surface area contributed by atoms with Gasteiger partial charge >= 0.3 is 5.97 Å². The van der Waals surface area contributed by atoms with Crippen molar-refractivity contribution in [2.75, 3.05) is 19.0 Å². The number of amides is 1. The van der Waals surface area contributed by atoms with Crippen molar-refractivity contribution in [1.29, 1.82) is 0 Å². The van der Waals surface area contributed by atoms with Gasteiger partial charge in [0.05, 0.1) is 19.3 Å². The lowest BCUT2D eigenvalue weighted by atomic mass is 10.2. The van der Waals surface area contributed by atoms with Crippen LogP contribution >= 0.6 is 11.3 Å². The third-order valence-electron chi connectivity index (χ3n) is 3.62. The molecule has 0 fully saturated rings. The Hall–Kier alpha value is -2.18. The fourth-order valence-corrected chi connectivity index (χ4v) is 3.04. The number of methoxy groups -OCH3 is 1. The van der Waals surface area contributed by atoms with E-state index in [0.29, 0.717) is 17.1 Å². The van der Waals surface area contributed by atoms with Crippen molar-refractivity contribution in [3.05, 3.63) is 52.2 Å². The van der Waals surface area contributed by atoms with E-state index in [4.69, 9.17) is 4.74 Å². The summed E-state index contributed by atoms with van der Waals surface area (Å²) >= 11 is 1.25. The maximum atomic E-state index is 12.4. The summed E-state index contributed by atoms with van der Waals surface area (Å²) in [5, 5.41) is 4.56. The first kappa shape index (κ1) is 18.2. The number of carbonyl (C=O) groups excluding carboxylic acids is 2. The molecule has 0 aliphatic heterocycles. The minimum Gasteiger partial charge on any atom is -0.465 e. The Labute approximate surface area is 146 Å². The van der Waals surface area contributed by atoms with E-state index in [1.807, 2.05) is 30.3 Å². The summed E-state index contributed by atoms with van der Waals surface area (Å²) in [5.41, 5.74) is 1.66. The van der Waals surface area contributed by atoms with Crippen LogP contribution in [-0.4, -0.2) is 36.5 Å². The fraction of sp³-hybridized carbons (Fsp3) is 0.333. The first-order chi connectivity index (χ1) is 11.5. The smallest absolute Gasteiger partial charge is 0.350 e. The summed E-state index contributed by atoms with van der Waals surface area (Å²) in [6.45, 7) is 5.06. The van der Waals surface area contributed by atoms with Crippen LogP contribution in [0.15, 0.2) is 41.8 Å². The molecule has 1 amide bonds. The highest BCUT2D eigenvalue weighted by molar-refractivity contribution is 7.12. The van der Waals surface area contributed by atoms with Crippen molar-refractivity contribution in [3.8, 4) is 0 Å². The summed E-state index contributed by atoms with van der Waals surface area (Å²) < 4.78 is 4.72. The standard InChI is InChI=1S/C18H22N2O3S/c1-13(2)20(11-14-7-5-4-6-8-14)12-16(21)19-15-9-10-24-17(15)18(22)23-3/h4-10,13H,11-12H2,1-3H3,(H,19,21). The minimum atomic E-state index is -0.440. The zero-order valence-corrected chi connectivity index (χ0v) is 14.9. The molecule has 0 aliphatic rings. The Morgan fingerprint density at radius 1 is 1.21 bits per heavy atom. The van der Waals surface area contributed by atoms with Crippen LogP contribution in [0, 0.1) is 0 Å². The topological polar surface area (TPSA) is 58.6 Å². The van der Waals surface area contributed by atoms with Gasteiger partial charge in [-0.3, -0.25) is 9.69 Å². The van der Waals surface area contributed by atoms with Crippen LogP contribution in [0.1, 0.15) is 29.1 Å². The molecule has 6 heteroatoms. The molecule has 0 unspecified atom stereocenters. The number of carbonyl (C=O) groups is 2. The van der Waals surface area contributed by atoms with Crippen LogP contribution in [0.25, 0.3) is 0 Å². The molecule has 5 nitrogen and oxygen atoms in total. The van der Waals surface area contributed by atoms with Crippen molar-refractivity contribution >= 4 is 28.9 Å². The number of rotatable bonds is 7. The highest BCUT2D eigenvalue weighted by Gasteiger charge is 2.18. The molecular weight excluding hydrogens is 324 g/mol. The zero-order valence-electron chi connectivity index (χ0n) is 14.1. The third kappa shape index (κ3) is 4.91. The number of benzene rings is 1. The Kier molecular flexibility index (Phi) is 6.52. The Morgan fingerprint density at radius 3 is 2.54 bits per heavy atom. The number of anilines is 1. The van der Waals surface area contributed by atoms with Crippen molar-refractivity contribution in [2.24, 2.45) is 0 Å². The molecule has 0 saturated carbocycles. The molecule has 0 radical (unpaired) electrons. The molecule has 2 aromatic rings. The molecule has 0 spiro atoms. The van der Waals surface area contributed by atoms with Crippen molar-refractivity contribution in [3.63, 3.8) is 0 Å². The van der Waals surface area contributed by atoms with Crippen molar-refractivity contribution in [1.82, 2.24) is 4.90 Å². The monoisotopic (exact) mass is 346 g/mol. The van der Waals surface area contributed by atoms with Crippen LogP contribution in [-0.2, 0) is 16.1 Å². The Balaban J connectivity index is 2.01. The highest BCUT2D eigenvalue weighted by Crippen LogP contribution is 2.23. The second-order valence-corrected chi connectivity index (χ2v) is 6.60. The maximum absolute atomic E-state index is 12.4. The lowest BCUT2D eigenvalue weighted by molar-refractivity contribution is -0.117. The third-order valence-corrected chi connectivity index (χ3v) is 4.51. The van der Waals surface area contributed by atoms with E-state index >= 15 is 0 Å². The van der Waals surface area contributed by atoms with Gasteiger partial charge in [0.15, 0.2) is 0 Å². The average Bonchev–Trinajstić information content (AvgIpc) is 3.02. The van der Waals surface area contributed by atoms with Gasteiger partial charge in [0.2, 0.25) is 5.91 Å². The van der Waals surface area contributed by atoms with Crippen molar-refractivity contribution in [2.45, 2.75) is 26.4 Å². The van der Waals surface area contributed by atoms with Crippen LogP contribution in [0.4, 0.5) is 5.69 Å². The van der Waals surface area contributed by atoms with Gasteiger partial charge in [-0.15, -0.1) is 11.3 Å². The van der Waals surface area contributed by atoms with Crippen LogP contribution in [0.5, 0.6) is 0 Å². The Morgan fingerprint density at radius 2 is 1.92 bits per heavy atom. The second-order valence-electron chi connectivity index (χ2n) is 5.69. The molecule has 128 valence electrons. The van der Waals surface area contributed by atoms with E-state index in [1.54, 1.807) is 11.4 Å². The number of hydrogen-bond acceptors (Lipinski definition) is 5. The summed E-state index contributed by atoms with van der Waals surface area (Å²) in [4.78, 5) is 26.5. The molecule has 0 saturated heterocycles. The van der Waals surface area contributed by atoms with E-state index in [2.05, 4.69) is 24.1 Å². The molecule has 1 heterocycles. The van der Waals surface area contributed by atoms with Gasteiger partial charge in [0.1, 0.15) is 4.88 Å². The molecule has 2 rings (SSSR count). The molecule has 1 aromatic carbocycles. The largest absolute Gasteiger partial charge is 0.465 e. The first-order valence-corrected chi connectivity index (χ1v) is 8.63. The molecule has 1 N–H and O–H groups in total. The number of nitrogens with one attached hydrogen (secondary N) is 1. The van der Waals surface area contributed by atoms with E-state index in [1.165, 1.54) is 18.4 Å². The van der Waals surface area contributed by atoms with Gasteiger partial charge in [-0.05, 0) is 30.9 Å². The normalized spacial score (nSPS) is 10.9. The van der Waals surface area contributed by atoms with E-state index in [-0.39, 0.29) is 18.5 Å².